The minimum Gasteiger partial charge on any atom is -0.497 e. The Bertz CT molecular complexity index is 733. The van der Waals surface area contributed by atoms with E-state index in [1.165, 1.54) is 5.69 Å². The summed E-state index contributed by atoms with van der Waals surface area (Å²) in [6.07, 6.45) is 1.60. The van der Waals surface area contributed by atoms with E-state index in [2.05, 4.69) is 29.4 Å². The smallest absolute Gasteiger partial charge is 0.226 e. The average Bonchev–Trinajstić information content (AvgIpc) is 2.70. The fourth-order valence-electron chi connectivity index (χ4n) is 3.13. The number of nitrogens with zero attached hydrogens (tertiary/aromatic N) is 1. The number of hydrogen-bond donors (Lipinski definition) is 1. The molecule has 0 saturated heterocycles. The summed E-state index contributed by atoms with van der Waals surface area (Å²) < 4.78 is 11.0. The molecule has 1 aliphatic rings. The molecule has 1 amide bonds. The van der Waals surface area contributed by atoms with E-state index < -0.39 is 0 Å². The number of amides is 1. The SMILES string of the molecule is COc1ccc2c(c1)OC[C@H](C(=O)NCCCN(C)c1ccccc1)C2. The van der Waals surface area contributed by atoms with Gasteiger partial charge in [-0.1, -0.05) is 24.3 Å². The third-order valence-electron chi connectivity index (χ3n) is 4.72. The van der Waals surface area contributed by atoms with E-state index in [1.54, 1.807) is 7.11 Å². The summed E-state index contributed by atoms with van der Waals surface area (Å²) in [5, 5.41) is 3.04. The minimum atomic E-state index is -0.136. The van der Waals surface area contributed by atoms with E-state index in [0.717, 1.165) is 30.0 Å². The van der Waals surface area contributed by atoms with Crippen LogP contribution in [0.15, 0.2) is 48.5 Å². The second kappa shape index (κ2) is 8.61. The molecule has 5 heteroatoms. The Morgan fingerprint density at radius 1 is 1.27 bits per heavy atom. The molecule has 0 bridgehead atoms. The van der Waals surface area contributed by atoms with Crippen molar-refractivity contribution in [2.45, 2.75) is 12.8 Å². The zero-order valence-corrected chi connectivity index (χ0v) is 15.4. The Hall–Kier alpha value is -2.69. The zero-order valence-electron chi connectivity index (χ0n) is 15.4. The number of benzene rings is 2. The fraction of sp³-hybridized carbons (Fsp3) is 0.381. The number of anilines is 1. The molecule has 0 aliphatic carbocycles. The van der Waals surface area contributed by atoms with Crippen molar-refractivity contribution < 1.29 is 14.3 Å². The first kappa shape index (κ1) is 18.1. The predicted octanol–water partition coefficient (Wildman–Crippen LogP) is 2.89. The van der Waals surface area contributed by atoms with E-state index >= 15 is 0 Å². The van der Waals surface area contributed by atoms with Crippen molar-refractivity contribution in [1.82, 2.24) is 5.32 Å². The van der Waals surface area contributed by atoms with E-state index in [-0.39, 0.29) is 11.8 Å². The number of hydrogen-bond acceptors (Lipinski definition) is 4. The summed E-state index contributed by atoms with van der Waals surface area (Å²) in [6.45, 7) is 1.98. The summed E-state index contributed by atoms with van der Waals surface area (Å²) in [5.41, 5.74) is 2.24. The first-order valence-corrected chi connectivity index (χ1v) is 9.01. The second-order valence-corrected chi connectivity index (χ2v) is 6.59. The van der Waals surface area contributed by atoms with Crippen LogP contribution in [0.5, 0.6) is 11.5 Å². The number of rotatable bonds is 7. The van der Waals surface area contributed by atoms with Gasteiger partial charge in [0, 0.05) is 31.9 Å². The number of nitrogens with one attached hydrogen (secondary N) is 1. The third kappa shape index (κ3) is 4.48. The van der Waals surface area contributed by atoms with Crippen molar-refractivity contribution in [2.75, 3.05) is 38.8 Å². The Labute approximate surface area is 154 Å². The largest absolute Gasteiger partial charge is 0.497 e. The number of carbonyl (C=O) groups is 1. The van der Waals surface area contributed by atoms with Crippen LogP contribution in [0.1, 0.15) is 12.0 Å². The average molecular weight is 354 g/mol. The lowest BCUT2D eigenvalue weighted by Crippen LogP contribution is -2.38. The third-order valence-corrected chi connectivity index (χ3v) is 4.72. The molecule has 0 aromatic heterocycles. The minimum absolute atomic E-state index is 0.0637. The highest BCUT2D eigenvalue weighted by molar-refractivity contribution is 5.79. The molecule has 1 aliphatic heterocycles. The van der Waals surface area contributed by atoms with Crippen molar-refractivity contribution in [3.05, 3.63) is 54.1 Å². The highest BCUT2D eigenvalue weighted by Crippen LogP contribution is 2.31. The van der Waals surface area contributed by atoms with Crippen molar-refractivity contribution in [2.24, 2.45) is 5.92 Å². The van der Waals surface area contributed by atoms with E-state index in [0.29, 0.717) is 19.6 Å². The van der Waals surface area contributed by atoms with Crippen LogP contribution in [0.25, 0.3) is 0 Å². The molecule has 5 nitrogen and oxygen atoms in total. The Morgan fingerprint density at radius 2 is 2.08 bits per heavy atom. The molecule has 2 aromatic rings. The van der Waals surface area contributed by atoms with Gasteiger partial charge in [0.15, 0.2) is 0 Å². The van der Waals surface area contributed by atoms with Gasteiger partial charge in [-0.05, 0) is 36.6 Å². The molecule has 0 saturated carbocycles. The van der Waals surface area contributed by atoms with Crippen LogP contribution in [0, 0.1) is 5.92 Å². The van der Waals surface area contributed by atoms with Gasteiger partial charge in [0.1, 0.15) is 18.1 Å². The number of para-hydroxylation sites is 1. The molecule has 138 valence electrons. The van der Waals surface area contributed by atoms with Gasteiger partial charge in [0.05, 0.1) is 13.0 Å². The molecule has 0 spiro atoms. The first-order chi connectivity index (χ1) is 12.7. The molecular weight excluding hydrogens is 328 g/mol. The number of methoxy groups -OCH3 is 1. The highest BCUT2D eigenvalue weighted by Gasteiger charge is 2.26. The maximum absolute atomic E-state index is 12.4. The zero-order chi connectivity index (χ0) is 18.4. The van der Waals surface area contributed by atoms with Gasteiger partial charge in [-0.15, -0.1) is 0 Å². The second-order valence-electron chi connectivity index (χ2n) is 6.59. The quantitative estimate of drug-likeness (QED) is 0.777. The van der Waals surface area contributed by atoms with Crippen LogP contribution in [-0.2, 0) is 11.2 Å². The van der Waals surface area contributed by atoms with Crippen LogP contribution in [-0.4, -0.2) is 39.8 Å². The lowest BCUT2D eigenvalue weighted by Gasteiger charge is -2.25. The predicted molar refractivity (Wildman–Crippen MR) is 103 cm³/mol. The molecule has 0 fully saturated rings. The van der Waals surface area contributed by atoms with Crippen molar-refractivity contribution in [3.8, 4) is 11.5 Å². The first-order valence-electron chi connectivity index (χ1n) is 9.01. The molecular formula is C21H26N2O3. The van der Waals surface area contributed by atoms with Gasteiger partial charge in [-0.3, -0.25) is 4.79 Å². The lowest BCUT2D eigenvalue weighted by molar-refractivity contribution is -0.126. The van der Waals surface area contributed by atoms with Gasteiger partial charge >= 0.3 is 0 Å². The van der Waals surface area contributed by atoms with E-state index in [9.17, 15) is 4.79 Å². The fourth-order valence-corrected chi connectivity index (χ4v) is 3.13. The summed E-state index contributed by atoms with van der Waals surface area (Å²) in [5.74, 6) is 1.52. The van der Waals surface area contributed by atoms with Gasteiger partial charge in [0.25, 0.3) is 0 Å². The Balaban J connectivity index is 1.43. The van der Waals surface area contributed by atoms with Gasteiger partial charge < -0.3 is 19.7 Å². The van der Waals surface area contributed by atoms with E-state index in [4.69, 9.17) is 9.47 Å². The molecule has 3 rings (SSSR count). The Morgan fingerprint density at radius 3 is 2.85 bits per heavy atom. The highest BCUT2D eigenvalue weighted by atomic mass is 16.5. The molecule has 0 unspecified atom stereocenters. The van der Waals surface area contributed by atoms with Crippen LogP contribution in [0.3, 0.4) is 0 Å². The van der Waals surface area contributed by atoms with Crippen LogP contribution in [0.2, 0.25) is 0 Å². The molecule has 1 atom stereocenters. The number of ether oxygens (including phenoxy) is 2. The van der Waals surface area contributed by atoms with Gasteiger partial charge in [-0.25, -0.2) is 0 Å². The standard InChI is InChI=1S/C21H26N2O3/c1-23(18-7-4-3-5-8-18)12-6-11-22-21(24)17-13-16-9-10-19(25-2)14-20(16)26-15-17/h3-5,7-10,14,17H,6,11-13,15H2,1-2H3,(H,22,24)/t17-/m1/s1. The molecule has 26 heavy (non-hydrogen) atoms. The van der Waals surface area contributed by atoms with Gasteiger partial charge in [-0.2, -0.15) is 0 Å². The summed E-state index contributed by atoms with van der Waals surface area (Å²) in [4.78, 5) is 14.6. The Kier molecular flexibility index (Phi) is 6.00. The van der Waals surface area contributed by atoms with Crippen molar-refractivity contribution in [3.63, 3.8) is 0 Å². The van der Waals surface area contributed by atoms with Crippen molar-refractivity contribution >= 4 is 11.6 Å². The van der Waals surface area contributed by atoms with Crippen LogP contribution >= 0.6 is 0 Å². The monoisotopic (exact) mass is 354 g/mol. The summed E-state index contributed by atoms with van der Waals surface area (Å²) >= 11 is 0. The summed E-state index contributed by atoms with van der Waals surface area (Å²) in [6, 6.07) is 16.0. The van der Waals surface area contributed by atoms with Gasteiger partial charge in [0.2, 0.25) is 5.91 Å². The topological polar surface area (TPSA) is 50.8 Å². The van der Waals surface area contributed by atoms with Crippen molar-refractivity contribution in [1.29, 1.82) is 0 Å². The molecule has 1 N–H and O–H groups in total. The number of fused-ring (bicyclic) bond motifs is 1. The van der Waals surface area contributed by atoms with Crippen LogP contribution in [0.4, 0.5) is 5.69 Å². The normalized spacial score (nSPS) is 15.5. The molecule has 2 aromatic carbocycles. The maximum Gasteiger partial charge on any atom is 0.226 e. The maximum atomic E-state index is 12.4. The molecule has 0 radical (unpaired) electrons. The van der Waals surface area contributed by atoms with Crippen LogP contribution < -0.4 is 19.7 Å². The summed E-state index contributed by atoms with van der Waals surface area (Å²) in [7, 11) is 3.70. The lowest BCUT2D eigenvalue weighted by atomic mass is 9.96. The van der Waals surface area contributed by atoms with E-state index in [1.807, 2.05) is 36.4 Å². The number of carbonyl (C=O) groups excluding carboxylic acids is 1. The molecule has 1 heterocycles.